The Bertz CT molecular complexity index is 217. The van der Waals surface area contributed by atoms with Gasteiger partial charge in [-0.1, -0.05) is 6.07 Å². The molecule has 0 heterocycles. The highest BCUT2D eigenvalue weighted by molar-refractivity contribution is 5.85. The standard InChI is InChI=1S/C8H11NO.ClH/c1-6-2-7(5-9)4-8(10)3-6;/h2-4,10H,5,9H2,1H3;1H. The van der Waals surface area contributed by atoms with Gasteiger partial charge in [0.1, 0.15) is 5.75 Å². The van der Waals surface area contributed by atoms with Gasteiger partial charge in [-0.05, 0) is 30.2 Å². The monoisotopic (exact) mass is 173 g/mol. The Balaban J connectivity index is 0.000001000. The second-order valence-electron chi connectivity index (χ2n) is 2.38. The lowest BCUT2D eigenvalue weighted by Crippen LogP contribution is -1.95. The van der Waals surface area contributed by atoms with Gasteiger partial charge >= 0.3 is 0 Å². The Morgan fingerprint density at radius 1 is 1.36 bits per heavy atom. The molecule has 0 spiro atoms. The van der Waals surface area contributed by atoms with Gasteiger partial charge < -0.3 is 10.8 Å². The van der Waals surface area contributed by atoms with Crippen LogP contribution in [0.5, 0.6) is 5.75 Å². The van der Waals surface area contributed by atoms with Gasteiger partial charge in [-0.2, -0.15) is 0 Å². The van der Waals surface area contributed by atoms with E-state index in [0.717, 1.165) is 11.1 Å². The third kappa shape index (κ3) is 2.78. The average molecular weight is 174 g/mol. The first-order chi connectivity index (χ1) is 4.72. The Hall–Kier alpha value is -0.730. The summed E-state index contributed by atoms with van der Waals surface area (Å²) in [5.74, 6) is 0.292. The van der Waals surface area contributed by atoms with Crippen LogP contribution in [0.2, 0.25) is 0 Å². The topological polar surface area (TPSA) is 46.2 Å². The zero-order valence-corrected chi connectivity index (χ0v) is 7.19. The zero-order chi connectivity index (χ0) is 7.56. The Morgan fingerprint density at radius 2 is 2.00 bits per heavy atom. The van der Waals surface area contributed by atoms with Crippen LogP contribution in [0.15, 0.2) is 18.2 Å². The fourth-order valence-electron chi connectivity index (χ4n) is 0.958. The average Bonchev–Trinajstić information content (AvgIpc) is 1.85. The number of rotatable bonds is 1. The van der Waals surface area contributed by atoms with Crippen molar-refractivity contribution in [1.29, 1.82) is 0 Å². The molecule has 0 saturated heterocycles. The van der Waals surface area contributed by atoms with Crippen molar-refractivity contribution in [3.63, 3.8) is 0 Å². The highest BCUT2D eigenvalue weighted by Crippen LogP contribution is 2.13. The molecule has 0 aliphatic carbocycles. The summed E-state index contributed by atoms with van der Waals surface area (Å²) in [6.07, 6.45) is 0. The molecule has 2 nitrogen and oxygen atoms in total. The number of nitrogens with two attached hydrogens (primary N) is 1. The van der Waals surface area contributed by atoms with Crippen LogP contribution in [-0.4, -0.2) is 5.11 Å². The predicted octanol–water partition coefficient (Wildman–Crippen LogP) is 1.58. The largest absolute Gasteiger partial charge is 0.508 e. The van der Waals surface area contributed by atoms with E-state index in [2.05, 4.69) is 0 Å². The van der Waals surface area contributed by atoms with Crippen molar-refractivity contribution >= 4 is 12.4 Å². The van der Waals surface area contributed by atoms with Gasteiger partial charge in [-0.15, -0.1) is 12.4 Å². The van der Waals surface area contributed by atoms with Crippen molar-refractivity contribution < 1.29 is 5.11 Å². The molecule has 1 rings (SSSR count). The fraction of sp³-hybridized carbons (Fsp3) is 0.250. The molecule has 3 N–H and O–H groups in total. The maximum atomic E-state index is 9.07. The minimum absolute atomic E-state index is 0. The fourth-order valence-corrected chi connectivity index (χ4v) is 0.958. The van der Waals surface area contributed by atoms with Gasteiger partial charge in [-0.3, -0.25) is 0 Å². The predicted molar refractivity (Wildman–Crippen MR) is 48.0 cm³/mol. The highest BCUT2D eigenvalue weighted by Gasteiger charge is 1.93. The molecular weight excluding hydrogens is 162 g/mol. The third-order valence-electron chi connectivity index (χ3n) is 1.36. The lowest BCUT2D eigenvalue weighted by atomic mass is 10.1. The van der Waals surface area contributed by atoms with E-state index in [1.807, 2.05) is 13.0 Å². The van der Waals surface area contributed by atoms with Crippen LogP contribution in [0, 0.1) is 6.92 Å². The molecule has 0 amide bonds. The smallest absolute Gasteiger partial charge is 0.116 e. The molecule has 1 aromatic rings. The number of phenolic OH excluding ortho intramolecular Hbond substituents is 1. The lowest BCUT2D eigenvalue weighted by molar-refractivity contribution is 0.474. The van der Waals surface area contributed by atoms with E-state index in [1.165, 1.54) is 0 Å². The normalized spacial score (nSPS) is 8.91. The first-order valence-electron chi connectivity index (χ1n) is 3.22. The van der Waals surface area contributed by atoms with Crippen LogP contribution in [0.4, 0.5) is 0 Å². The van der Waals surface area contributed by atoms with Crippen LogP contribution in [0.3, 0.4) is 0 Å². The molecule has 0 aliphatic heterocycles. The van der Waals surface area contributed by atoms with E-state index in [1.54, 1.807) is 12.1 Å². The quantitative estimate of drug-likeness (QED) is 0.678. The number of benzene rings is 1. The van der Waals surface area contributed by atoms with E-state index >= 15 is 0 Å². The Labute approximate surface area is 72.4 Å². The maximum absolute atomic E-state index is 9.07. The highest BCUT2D eigenvalue weighted by atomic mass is 35.5. The summed E-state index contributed by atoms with van der Waals surface area (Å²) in [7, 11) is 0. The number of aryl methyl sites for hydroxylation is 1. The van der Waals surface area contributed by atoms with Crippen LogP contribution in [-0.2, 0) is 6.54 Å². The molecule has 0 aliphatic rings. The van der Waals surface area contributed by atoms with Crippen molar-refractivity contribution in [2.45, 2.75) is 13.5 Å². The van der Waals surface area contributed by atoms with Gasteiger partial charge in [0, 0.05) is 6.54 Å². The van der Waals surface area contributed by atoms with E-state index in [4.69, 9.17) is 10.8 Å². The first-order valence-corrected chi connectivity index (χ1v) is 3.22. The summed E-state index contributed by atoms with van der Waals surface area (Å²) < 4.78 is 0. The zero-order valence-electron chi connectivity index (χ0n) is 6.37. The van der Waals surface area contributed by atoms with Gasteiger partial charge in [0.2, 0.25) is 0 Å². The molecule has 0 aromatic heterocycles. The molecule has 0 bridgehead atoms. The van der Waals surface area contributed by atoms with Crippen LogP contribution in [0.25, 0.3) is 0 Å². The number of aromatic hydroxyl groups is 1. The molecule has 1 aromatic carbocycles. The number of phenols is 1. The lowest BCUT2D eigenvalue weighted by Gasteiger charge is -1.99. The first kappa shape index (κ1) is 10.3. The van der Waals surface area contributed by atoms with Crippen molar-refractivity contribution in [3.8, 4) is 5.75 Å². The minimum Gasteiger partial charge on any atom is -0.508 e. The molecular formula is C8H12ClNO. The van der Waals surface area contributed by atoms with E-state index in [9.17, 15) is 0 Å². The van der Waals surface area contributed by atoms with Crippen molar-refractivity contribution in [1.82, 2.24) is 0 Å². The summed E-state index contributed by atoms with van der Waals surface area (Å²) in [6, 6.07) is 5.34. The molecule has 0 fully saturated rings. The van der Waals surface area contributed by atoms with Gasteiger partial charge in [0.05, 0.1) is 0 Å². The van der Waals surface area contributed by atoms with Crippen LogP contribution < -0.4 is 5.73 Å². The number of hydrogen-bond acceptors (Lipinski definition) is 2. The molecule has 3 heteroatoms. The Morgan fingerprint density at radius 3 is 2.45 bits per heavy atom. The van der Waals surface area contributed by atoms with Gasteiger partial charge in [-0.25, -0.2) is 0 Å². The van der Waals surface area contributed by atoms with Gasteiger partial charge in [0.15, 0.2) is 0 Å². The second-order valence-corrected chi connectivity index (χ2v) is 2.38. The molecule has 0 unspecified atom stereocenters. The van der Waals surface area contributed by atoms with Crippen molar-refractivity contribution in [2.75, 3.05) is 0 Å². The summed E-state index contributed by atoms with van der Waals surface area (Å²) in [4.78, 5) is 0. The molecule has 62 valence electrons. The summed E-state index contributed by atoms with van der Waals surface area (Å²) in [5.41, 5.74) is 7.39. The van der Waals surface area contributed by atoms with Crippen LogP contribution in [0.1, 0.15) is 11.1 Å². The summed E-state index contributed by atoms with van der Waals surface area (Å²) in [6.45, 7) is 2.41. The Kier molecular flexibility index (Phi) is 3.93. The molecule has 0 atom stereocenters. The number of hydrogen-bond donors (Lipinski definition) is 2. The maximum Gasteiger partial charge on any atom is 0.116 e. The van der Waals surface area contributed by atoms with E-state index in [-0.39, 0.29) is 12.4 Å². The van der Waals surface area contributed by atoms with Crippen molar-refractivity contribution in [3.05, 3.63) is 29.3 Å². The van der Waals surface area contributed by atoms with Crippen molar-refractivity contribution in [2.24, 2.45) is 5.73 Å². The van der Waals surface area contributed by atoms with Crippen LogP contribution >= 0.6 is 12.4 Å². The second kappa shape index (κ2) is 4.21. The summed E-state index contributed by atoms with van der Waals surface area (Å²) >= 11 is 0. The summed E-state index contributed by atoms with van der Waals surface area (Å²) in [5, 5.41) is 9.07. The van der Waals surface area contributed by atoms with Gasteiger partial charge in [0.25, 0.3) is 0 Å². The molecule has 0 radical (unpaired) electrons. The SMILES string of the molecule is Cc1cc(O)cc(CN)c1.Cl. The number of halogens is 1. The van der Waals surface area contributed by atoms with E-state index < -0.39 is 0 Å². The minimum atomic E-state index is 0. The third-order valence-corrected chi connectivity index (χ3v) is 1.36. The van der Waals surface area contributed by atoms with E-state index in [0.29, 0.717) is 12.3 Å². The molecule has 0 saturated carbocycles. The molecule has 11 heavy (non-hydrogen) atoms.